The Morgan fingerprint density at radius 2 is 1.57 bits per heavy atom. The van der Waals surface area contributed by atoms with Gasteiger partial charge in [-0.2, -0.15) is 7.05 Å². The quantitative estimate of drug-likeness (QED) is 0.361. The van der Waals surface area contributed by atoms with Crippen LogP contribution in [0.3, 0.4) is 0 Å². The van der Waals surface area contributed by atoms with Gasteiger partial charge in [0.05, 0.1) is 0 Å². The SMILES string of the molecule is CC(=O)O.C[NH-].[Na+]. The van der Waals surface area contributed by atoms with Gasteiger partial charge in [-0.05, 0) is 0 Å². The molecule has 0 bridgehead atoms. The molecule has 7 heavy (non-hydrogen) atoms. The summed E-state index contributed by atoms with van der Waals surface area (Å²) in [5, 5.41) is 7.42. The average Bonchev–Trinajstić information content (AvgIpc) is 1.41. The zero-order valence-electron chi connectivity index (χ0n) is 4.86. The fourth-order valence-electron chi connectivity index (χ4n) is 0. The molecule has 4 heteroatoms. The van der Waals surface area contributed by atoms with Crippen LogP contribution in [-0.2, 0) is 4.79 Å². The van der Waals surface area contributed by atoms with Crippen molar-refractivity contribution < 1.29 is 39.5 Å². The van der Waals surface area contributed by atoms with E-state index in [0.717, 1.165) is 6.92 Å². The van der Waals surface area contributed by atoms with Crippen molar-refractivity contribution in [3.63, 3.8) is 0 Å². The maximum atomic E-state index is 9.00. The predicted octanol–water partition coefficient (Wildman–Crippen LogP) is -2.24. The van der Waals surface area contributed by atoms with Crippen LogP contribution in [0.1, 0.15) is 6.92 Å². The zero-order chi connectivity index (χ0) is 5.58. The predicted molar refractivity (Wildman–Crippen MR) is 23.6 cm³/mol. The topological polar surface area (TPSA) is 61.1 Å². The summed E-state index contributed by atoms with van der Waals surface area (Å²) in [6, 6.07) is 0. The van der Waals surface area contributed by atoms with E-state index in [2.05, 4.69) is 0 Å². The second kappa shape index (κ2) is 16.1. The standard InChI is InChI=1S/C2H4O2.CH4N.Na/c1-2(3)4;1-2;/h1H3,(H,3,4);2H,1H3;/q;-1;+1. The van der Waals surface area contributed by atoms with Crippen LogP contribution >= 0.6 is 0 Å². The van der Waals surface area contributed by atoms with Crippen molar-refractivity contribution in [1.82, 2.24) is 0 Å². The molecular formula is C3H8NNaO2. The largest absolute Gasteiger partial charge is 1.00 e. The van der Waals surface area contributed by atoms with E-state index in [0.29, 0.717) is 0 Å². The first-order chi connectivity index (χ1) is 2.73. The fourth-order valence-corrected chi connectivity index (χ4v) is 0. The van der Waals surface area contributed by atoms with Crippen LogP contribution in [0.5, 0.6) is 0 Å². The Labute approximate surface area is 65.2 Å². The van der Waals surface area contributed by atoms with Gasteiger partial charge in [0, 0.05) is 6.92 Å². The molecule has 0 aromatic rings. The van der Waals surface area contributed by atoms with Gasteiger partial charge in [-0.3, -0.25) is 4.79 Å². The molecule has 0 heterocycles. The smallest absolute Gasteiger partial charge is 0.680 e. The minimum atomic E-state index is -0.833. The number of nitrogens with one attached hydrogen (secondary N) is 1. The van der Waals surface area contributed by atoms with E-state index in [-0.39, 0.29) is 29.6 Å². The Morgan fingerprint density at radius 3 is 1.57 bits per heavy atom. The Balaban J connectivity index is -0.0000000480. The molecule has 0 spiro atoms. The van der Waals surface area contributed by atoms with Crippen LogP contribution in [0.15, 0.2) is 0 Å². The molecule has 0 unspecified atom stereocenters. The van der Waals surface area contributed by atoms with Gasteiger partial charge in [-0.25, -0.2) is 0 Å². The van der Waals surface area contributed by atoms with Gasteiger partial charge < -0.3 is 10.8 Å². The summed E-state index contributed by atoms with van der Waals surface area (Å²) >= 11 is 0. The molecule has 0 atom stereocenters. The fraction of sp³-hybridized carbons (Fsp3) is 0.667. The number of carboxylic acids is 1. The molecule has 0 aliphatic rings. The van der Waals surface area contributed by atoms with E-state index in [1.54, 1.807) is 0 Å². The normalized spacial score (nSPS) is 4.43. The molecule has 0 saturated heterocycles. The van der Waals surface area contributed by atoms with Crippen molar-refractivity contribution in [3.05, 3.63) is 5.73 Å². The van der Waals surface area contributed by atoms with E-state index >= 15 is 0 Å². The van der Waals surface area contributed by atoms with Crippen molar-refractivity contribution >= 4 is 5.97 Å². The molecule has 0 radical (unpaired) electrons. The molecule has 0 rings (SSSR count). The first-order valence-corrected chi connectivity index (χ1v) is 1.43. The molecule has 0 amide bonds. The summed E-state index contributed by atoms with van der Waals surface area (Å²) in [4.78, 5) is 9.00. The van der Waals surface area contributed by atoms with Crippen LogP contribution in [0.2, 0.25) is 0 Å². The number of rotatable bonds is 0. The summed E-state index contributed by atoms with van der Waals surface area (Å²) in [6.07, 6.45) is 0. The minimum absolute atomic E-state index is 0. The summed E-state index contributed by atoms with van der Waals surface area (Å²) in [6.45, 7) is 1.08. The molecule has 0 aliphatic heterocycles. The Morgan fingerprint density at radius 1 is 1.57 bits per heavy atom. The van der Waals surface area contributed by atoms with Gasteiger partial charge >= 0.3 is 29.6 Å². The van der Waals surface area contributed by atoms with Crippen LogP contribution in [0.25, 0.3) is 5.73 Å². The Bertz CT molecular complexity index is 35.9. The van der Waals surface area contributed by atoms with Gasteiger partial charge in [0.15, 0.2) is 0 Å². The van der Waals surface area contributed by atoms with E-state index < -0.39 is 5.97 Å². The summed E-state index contributed by atoms with van der Waals surface area (Å²) < 4.78 is 0. The van der Waals surface area contributed by atoms with Gasteiger partial charge in [0.1, 0.15) is 0 Å². The maximum Gasteiger partial charge on any atom is 1.00 e. The molecule has 0 fully saturated rings. The van der Waals surface area contributed by atoms with Crippen LogP contribution in [-0.4, -0.2) is 18.1 Å². The van der Waals surface area contributed by atoms with E-state index in [9.17, 15) is 0 Å². The molecule has 0 aliphatic carbocycles. The van der Waals surface area contributed by atoms with Crippen LogP contribution in [0.4, 0.5) is 0 Å². The van der Waals surface area contributed by atoms with Crippen molar-refractivity contribution in [2.45, 2.75) is 6.92 Å². The molecule has 0 aromatic carbocycles. The van der Waals surface area contributed by atoms with E-state index in [1.165, 1.54) is 7.05 Å². The van der Waals surface area contributed by atoms with Crippen LogP contribution in [0, 0.1) is 0 Å². The number of aliphatic carboxylic acids is 1. The average molecular weight is 113 g/mol. The summed E-state index contributed by atoms with van der Waals surface area (Å²) in [5.41, 5.74) is 5.75. The van der Waals surface area contributed by atoms with Gasteiger partial charge in [0.25, 0.3) is 5.97 Å². The first kappa shape index (κ1) is 15.7. The second-order valence-corrected chi connectivity index (χ2v) is 0.519. The zero-order valence-corrected chi connectivity index (χ0v) is 6.86. The molecule has 2 N–H and O–H groups in total. The van der Waals surface area contributed by atoms with Crippen LogP contribution < -0.4 is 29.6 Å². The Kier molecular flexibility index (Phi) is 36.0. The van der Waals surface area contributed by atoms with Gasteiger partial charge in [-0.1, -0.05) is 0 Å². The first-order valence-electron chi connectivity index (χ1n) is 1.43. The van der Waals surface area contributed by atoms with Gasteiger partial charge in [0.2, 0.25) is 0 Å². The van der Waals surface area contributed by atoms with Crippen molar-refractivity contribution in [3.8, 4) is 0 Å². The molecular weight excluding hydrogens is 105 g/mol. The minimum Gasteiger partial charge on any atom is -0.680 e. The van der Waals surface area contributed by atoms with E-state index in [1.807, 2.05) is 0 Å². The number of hydrogen-bond acceptors (Lipinski definition) is 1. The Hall–Kier alpha value is 0.430. The summed E-state index contributed by atoms with van der Waals surface area (Å²) in [5.74, 6) is -0.833. The third-order valence-electron chi connectivity index (χ3n) is 0. The molecule has 0 aromatic heterocycles. The monoisotopic (exact) mass is 113 g/mol. The third kappa shape index (κ3) is 682. The van der Waals surface area contributed by atoms with Crippen molar-refractivity contribution in [2.75, 3.05) is 7.05 Å². The van der Waals surface area contributed by atoms with Gasteiger partial charge in [-0.15, -0.1) is 0 Å². The van der Waals surface area contributed by atoms with E-state index in [4.69, 9.17) is 15.6 Å². The third-order valence-corrected chi connectivity index (χ3v) is 0. The van der Waals surface area contributed by atoms with Crippen molar-refractivity contribution in [2.24, 2.45) is 0 Å². The summed E-state index contributed by atoms with van der Waals surface area (Å²) in [7, 11) is 1.25. The maximum absolute atomic E-state index is 9.00. The second-order valence-electron chi connectivity index (χ2n) is 0.519. The molecule has 38 valence electrons. The number of carbonyl (C=O) groups is 1. The number of hydrogen-bond donors (Lipinski definition) is 1. The number of carboxylic acid groups (broad SMARTS) is 1. The molecule has 0 saturated carbocycles. The molecule has 3 nitrogen and oxygen atoms in total. The van der Waals surface area contributed by atoms with Crippen molar-refractivity contribution in [1.29, 1.82) is 0 Å².